The lowest BCUT2D eigenvalue weighted by molar-refractivity contribution is -0.132. The summed E-state index contributed by atoms with van der Waals surface area (Å²) in [6.45, 7) is -0.127. The molecule has 26 heavy (non-hydrogen) atoms. The second-order valence-corrected chi connectivity index (χ2v) is 5.67. The molecule has 0 saturated carbocycles. The van der Waals surface area contributed by atoms with Crippen LogP contribution in [0.4, 0.5) is 10.1 Å². The molecule has 134 valence electrons. The number of hydrogen-bond acceptors (Lipinski definition) is 3. The third-order valence-electron chi connectivity index (χ3n) is 3.69. The highest BCUT2D eigenvalue weighted by Gasteiger charge is 2.15. The second-order valence-electron chi connectivity index (χ2n) is 5.67. The van der Waals surface area contributed by atoms with Gasteiger partial charge in [0.05, 0.1) is 20.1 Å². The molecule has 2 aromatic rings. The fourth-order valence-electron chi connectivity index (χ4n) is 2.32. The zero-order valence-electron chi connectivity index (χ0n) is 14.6. The van der Waals surface area contributed by atoms with Gasteiger partial charge in [0.25, 0.3) is 0 Å². The molecular weight excluding hydrogens is 335 g/mol. The molecule has 0 unspecified atom stereocenters. The second kappa shape index (κ2) is 8.67. The van der Waals surface area contributed by atoms with E-state index in [1.165, 1.54) is 31.2 Å². The van der Waals surface area contributed by atoms with E-state index in [1.807, 2.05) is 0 Å². The number of ether oxygens (including phenoxy) is 1. The Morgan fingerprint density at radius 2 is 2.04 bits per heavy atom. The van der Waals surface area contributed by atoms with Gasteiger partial charge >= 0.3 is 0 Å². The SMILES string of the molecule is C#Cc1cccc(NC(=O)CN(C)C(=O)Cc2ccc(OC)c(F)c2)c1. The van der Waals surface area contributed by atoms with Crippen LogP contribution in [-0.2, 0) is 16.0 Å². The summed E-state index contributed by atoms with van der Waals surface area (Å²) in [5.41, 5.74) is 1.71. The number of rotatable bonds is 6. The Kier molecular flexibility index (Phi) is 6.34. The van der Waals surface area contributed by atoms with Crippen molar-refractivity contribution >= 4 is 17.5 Å². The van der Waals surface area contributed by atoms with Crippen LogP contribution < -0.4 is 10.1 Å². The van der Waals surface area contributed by atoms with Gasteiger partial charge in [0.15, 0.2) is 11.6 Å². The molecule has 2 rings (SSSR count). The minimum Gasteiger partial charge on any atom is -0.494 e. The topological polar surface area (TPSA) is 58.6 Å². The van der Waals surface area contributed by atoms with Gasteiger partial charge in [-0.1, -0.05) is 18.1 Å². The maximum atomic E-state index is 13.7. The Bertz CT molecular complexity index is 858. The van der Waals surface area contributed by atoms with Crippen molar-refractivity contribution in [2.45, 2.75) is 6.42 Å². The van der Waals surface area contributed by atoms with Crippen molar-refractivity contribution in [3.63, 3.8) is 0 Å². The van der Waals surface area contributed by atoms with Crippen LogP contribution in [0.1, 0.15) is 11.1 Å². The number of anilines is 1. The van der Waals surface area contributed by atoms with Crippen LogP contribution in [0.5, 0.6) is 5.75 Å². The third-order valence-corrected chi connectivity index (χ3v) is 3.69. The van der Waals surface area contributed by atoms with Crippen LogP contribution in [0.2, 0.25) is 0 Å². The van der Waals surface area contributed by atoms with E-state index in [1.54, 1.807) is 30.3 Å². The first-order chi connectivity index (χ1) is 12.4. The molecule has 0 aliphatic carbocycles. The van der Waals surface area contributed by atoms with Gasteiger partial charge in [-0.2, -0.15) is 0 Å². The van der Waals surface area contributed by atoms with Crippen LogP contribution in [0.15, 0.2) is 42.5 Å². The van der Waals surface area contributed by atoms with Crippen LogP contribution in [0.3, 0.4) is 0 Å². The molecule has 6 heteroatoms. The third kappa shape index (κ3) is 5.08. The van der Waals surface area contributed by atoms with Gasteiger partial charge in [0.1, 0.15) is 0 Å². The minimum absolute atomic E-state index is 0.0166. The van der Waals surface area contributed by atoms with E-state index in [0.717, 1.165) is 0 Å². The van der Waals surface area contributed by atoms with Crippen molar-refractivity contribution in [3.05, 3.63) is 59.4 Å². The summed E-state index contributed by atoms with van der Waals surface area (Å²) in [5.74, 6) is 1.41. The smallest absolute Gasteiger partial charge is 0.243 e. The number of terminal acetylenes is 1. The molecule has 0 heterocycles. The van der Waals surface area contributed by atoms with E-state index in [4.69, 9.17) is 11.2 Å². The van der Waals surface area contributed by atoms with Gasteiger partial charge in [-0.25, -0.2) is 4.39 Å². The average molecular weight is 354 g/mol. The summed E-state index contributed by atoms with van der Waals surface area (Å²) in [5, 5.41) is 2.69. The summed E-state index contributed by atoms with van der Waals surface area (Å²) in [6.07, 6.45) is 5.31. The van der Waals surface area contributed by atoms with Crippen molar-refractivity contribution in [1.82, 2.24) is 4.90 Å². The first-order valence-corrected chi connectivity index (χ1v) is 7.86. The van der Waals surface area contributed by atoms with Crippen LogP contribution in [-0.4, -0.2) is 37.4 Å². The Hall–Kier alpha value is -3.33. The molecule has 0 aliphatic heterocycles. The lowest BCUT2D eigenvalue weighted by Gasteiger charge is -2.17. The zero-order valence-corrected chi connectivity index (χ0v) is 14.6. The number of likely N-dealkylation sites (N-methyl/N-ethyl adjacent to an activating group) is 1. The average Bonchev–Trinajstić information content (AvgIpc) is 2.61. The van der Waals surface area contributed by atoms with Gasteiger partial charge in [-0.05, 0) is 35.9 Å². The molecular formula is C20H19FN2O3. The summed E-state index contributed by atoms with van der Waals surface area (Å²) in [7, 11) is 2.88. The normalized spacial score (nSPS) is 9.92. The number of nitrogens with one attached hydrogen (secondary N) is 1. The number of carbonyl (C=O) groups is 2. The first-order valence-electron chi connectivity index (χ1n) is 7.86. The van der Waals surface area contributed by atoms with Gasteiger partial charge < -0.3 is 15.0 Å². The minimum atomic E-state index is -0.536. The molecule has 0 fully saturated rings. The molecule has 0 aromatic heterocycles. The van der Waals surface area contributed by atoms with E-state index in [9.17, 15) is 14.0 Å². The Balaban J connectivity index is 1.92. The zero-order chi connectivity index (χ0) is 19.1. The molecule has 0 spiro atoms. The molecule has 0 atom stereocenters. The highest BCUT2D eigenvalue weighted by Crippen LogP contribution is 2.18. The number of hydrogen-bond donors (Lipinski definition) is 1. The lowest BCUT2D eigenvalue weighted by atomic mass is 10.1. The lowest BCUT2D eigenvalue weighted by Crippen LogP contribution is -2.35. The molecule has 5 nitrogen and oxygen atoms in total. The maximum absolute atomic E-state index is 13.7. The van der Waals surface area contributed by atoms with Crippen molar-refractivity contribution in [3.8, 4) is 18.1 Å². The Morgan fingerprint density at radius 3 is 2.69 bits per heavy atom. The number of nitrogens with zero attached hydrogens (tertiary/aromatic N) is 1. The maximum Gasteiger partial charge on any atom is 0.243 e. The van der Waals surface area contributed by atoms with E-state index in [2.05, 4.69) is 11.2 Å². The van der Waals surface area contributed by atoms with Crippen molar-refractivity contribution in [2.24, 2.45) is 0 Å². The summed E-state index contributed by atoms with van der Waals surface area (Å²) < 4.78 is 18.5. The quantitative estimate of drug-likeness (QED) is 0.811. The molecule has 0 saturated heterocycles. The summed E-state index contributed by atoms with van der Waals surface area (Å²) in [6, 6.07) is 11.2. The predicted molar refractivity (Wildman–Crippen MR) is 97.3 cm³/mol. The van der Waals surface area contributed by atoms with Crippen molar-refractivity contribution in [2.75, 3.05) is 26.0 Å². The summed E-state index contributed by atoms with van der Waals surface area (Å²) >= 11 is 0. The van der Waals surface area contributed by atoms with Gasteiger partial charge in [-0.3, -0.25) is 9.59 Å². The predicted octanol–water partition coefficient (Wildman–Crippen LogP) is 2.46. The number of halogens is 1. The molecule has 2 amide bonds. The number of benzene rings is 2. The van der Waals surface area contributed by atoms with E-state index >= 15 is 0 Å². The molecule has 1 N–H and O–H groups in total. The molecule has 0 radical (unpaired) electrons. The van der Waals surface area contributed by atoms with Gasteiger partial charge in [0, 0.05) is 18.3 Å². The van der Waals surface area contributed by atoms with Crippen LogP contribution >= 0.6 is 0 Å². The standard InChI is InChI=1S/C20H19FN2O3/c1-4-14-6-5-7-16(10-14)22-19(24)13-23(2)20(25)12-15-8-9-18(26-3)17(21)11-15/h1,5-11H,12-13H2,2-3H3,(H,22,24). The van der Waals surface area contributed by atoms with Gasteiger partial charge in [-0.15, -0.1) is 6.42 Å². The van der Waals surface area contributed by atoms with Crippen molar-refractivity contribution < 1.29 is 18.7 Å². The monoisotopic (exact) mass is 354 g/mol. The van der Waals surface area contributed by atoms with E-state index in [-0.39, 0.29) is 30.5 Å². The van der Waals surface area contributed by atoms with Crippen LogP contribution in [0, 0.1) is 18.2 Å². The Morgan fingerprint density at radius 1 is 1.27 bits per heavy atom. The molecule has 0 bridgehead atoms. The van der Waals surface area contributed by atoms with E-state index in [0.29, 0.717) is 16.8 Å². The first kappa shape index (κ1) is 19.0. The fourth-order valence-corrected chi connectivity index (χ4v) is 2.32. The van der Waals surface area contributed by atoms with Crippen LogP contribution in [0.25, 0.3) is 0 Å². The summed E-state index contributed by atoms with van der Waals surface area (Å²) in [4.78, 5) is 25.6. The van der Waals surface area contributed by atoms with Crippen molar-refractivity contribution in [1.29, 1.82) is 0 Å². The highest BCUT2D eigenvalue weighted by molar-refractivity contribution is 5.94. The fraction of sp³-hybridized carbons (Fsp3) is 0.200. The Labute approximate surface area is 151 Å². The number of carbonyl (C=O) groups excluding carboxylic acids is 2. The molecule has 0 aliphatic rings. The van der Waals surface area contributed by atoms with Gasteiger partial charge in [0.2, 0.25) is 11.8 Å². The number of methoxy groups -OCH3 is 1. The number of amides is 2. The highest BCUT2D eigenvalue weighted by atomic mass is 19.1. The largest absolute Gasteiger partial charge is 0.494 e. The van der Waals surface area contributed by atoms with E-state index < -0.39 is 5.82 Å². The molecule has 2 aromatic carbocycles.